The van der Waals surface area contributed by atoms with Gasteiger partial charge in [-0.1, -0.05) is 6.92 Å². The van der Waals surface area contributed by atoms with Gasteiger partial charge in [-0.2, -0.15) is 0 Å². The molecule has 0 saturated heterocycles. The molecule has 0 saturated carbocycles. The molecule has 1 aromatic carbocycles. The van der Waals surface area contributed by atoms with E-state index in [2.05, 4.69) is 19.6 Å². The Morgan fingerprint density at radius 1 is 1.00 bits per heavy atom. The molecule has 1 aromatic rings. The lowest BCUT2D eigenvalue weighted by molar-refractivity contribution is -0.452. The molecule has 0 fully saturated rings. The molecule has 0 bridgehead atoms. The zero-order valence-corrected chi connectivity index (χ0v) is 12.4. The topological polar surface area (TPSA) is 89.5 Å². The first-order valence-electron chi connectivity index (χ1n) is 6.61. The molecule has 8 nitrogen and oxygen atoms in total. The lowest BCUT2D eigenvalue weighted by Crippen LogP contribution is -2.14. The summed E-state index contributed by atoms with van der Waals surface area (Å²) in [6, 6.07) is 6.08. The summed E-state index contributed by atoms with van der Waals surface area (Å²) in [7, 11) is 1.50. The predicted molar refractivity (Wildman–Crippen MR) is 73.0 cm³/mol. The first kappa shape index (κ1) is 17.7. The monoisotopic (exact) mass is 314 g/mol. The molecule has 0 amide bonds. The maximum absolute atomic E-state index is 11.5. The zero-order valence-electron chi connectivity index (χ0n) is 12.4. The number of carbonyl (C=O) groups is 2. The Morgan fingerprint density at radius 3 is 2.36 bits per heavy atom. The SMILES string of the molecule is CCCOCCOC(=O)OOOC(=O)c1ccc(OC)cc1. The molecule has 0 aromatic heterocycles. The van der Waals surface area contributed by atoms with Gasteiger partial charge in [0.05, 0.1) is 24.3 Å². The van der Waals surface area contributed by atoms with Crippen molar-refractivity contribution in [3.8, 4) is 5.75 Å². The highest BCUT2D eigenvalue weighted by molar-refractivity contribution is 5.89. The van der Waals surface area contributed by atoms with Crippen molar-refractivity contribution in [2.45, 2.75) is 13.3 Å². The lowest BCUT2D eigenvalue weighted by Gasteiger charge is -2.05. The van der Waals surface area contributed by atoms with Crippen molar-refractivity contribution in [3.05, 3.63) is 29.8 Å². The van der Waals surface area contributed by atoms with E-state index in [9.17, 15) is 9.59 Å². The summed E-state index contributed by atoms with van der Waals surface area (Å²) in [5, 5.41) is 4.05. The van der Waals surface area contributed by atoms with Crippen LogP contribution in [0.1, 0.15) is 23.7 Å². The number of ether oxygens (including phenoxy) is 3. The molecule has 1 rings (SSSR count). The number of hydrogen-bond donors (Lipinski definition) is 0. The Bertz CT molecular complexity index is 456. The summed E-state index contributed by atoms with van der Waals surface area (Å²) in [6.07, 6.45) is -0.267. The molecule has 0 aliphatic heterocycles. The summed E-state index contributed by atoms with van der Waals surface area (Å²) in [5.41, 5.74) is 0.200. The van der Waals surface area contributed by atoms with E-state index in [0.717, 1.165) is 6.42 Å². The Kier molecular flexibility index (Phi) is 8.39. The Labute approximate surface area is 127 Å². The Balaban J connectivity index is 2.17. The van der Waals surface area contributed by atoms with E-state index in [1.807, 2.05) is 6.92 Å². The summed E-state index contributed by atoms with van der Waals surface area (Å²) in [6.45, 7) is 2.79. The van der Waals surface area contributed by atoms with Crippen LogP contribution in [0.2, 0.25) is 0 Å². The fraction of sp³-hybridized carbons (Fsp3) is 0.429. The normalized spacial score (nSPS) is 9.91. The molecule has 0 atom stereocenters. The molecule has 122 valence electrons. The third-order valence-electron chi connectivity index (χ3n) is 2.33. The van der Waals surface area contributed by atoms with E-state index in [1.165, 1.54) is 19.2 Å². The van der Waals surface area contributed by atoms with Crippen molar-refractivity contribution >= 4 is 12.1 Å². The molecule has 0 aliphatic rings. The van der Waals surface area contributed by atoms with Crippen LogP contribution in [0.3, 0.4) is 0 Å². The largest absolute Gasteiger partial charge is 0.543 e. The van der Waals surface area contributed by atoms with Crippen LogP contribution in [-0.4, -0.2) is 39.1 Å². The van der Waals surface area contributed by atoms with Gasteiger partial charge in [0.1, 0.15) is 12.4 Å². The third-order valence-corrected chi connectivity index (χ3v) is 2.33. The fourth-order valence-electron chi connectivity index (χ4n) is 1.31. The quantitative estimate of drug-likeness (QED) is 0.297. The van der Waals surface area contributed by atoms with E-state index in [0.29, 0.717) is 12.4 Å². The van der Waals surface area contributed by atoms with Gasteiger partial charge >= 0.3 is 12.1 Å². The van der Waals surface area contributed by atoms with Crippen LogP contribution in [-0.2, 0) is 24.3 Å². The van der Waals surface area contributed by atoms with E-state index in [4.69, 9.17) is 9.47 Å². The second-order valence-corrected chi connectivity index (χ2v) is 3.96. The van der Waals surface area contributed by atoms with Gasteiger partial charge in [0.25, 0.3) is 0 Å². The summed E-state index contributed by atoms with van der Waals surface area (Å²) < 4.78 is 14.6. The predicted octanol–water partition coefficient (Wildman–Crippen LogP) is 2.28. The van der Waals surface area contributed by atoms with Crippen molar-refractivity contribution in [2.24, 2.45) is 0 Å². The van der Waals surface area contributed by atoms with Crippen LogP contribution in [0.15, 0.2) is 24.3 Å². The van der Waals surface area contributed by atoms with Gasteiger partial charge in [0.15, 0.2) is 0 Å². The van der Waals surface area contributed by atoms with Gasteiger partial charge in [-0.05, 0) is 30.7 Å². The standard InChI is InChI=1S/C14H18O8/c1-3-8-18-9-10-19-14(16)21-22-20-13(15)11-4-6-12(17-2)7-5-11/h4-7H,3,8-10H2,1-2H3. The summed E-state index contributed by atoms with van der Waals surface area (Å²) in [5.74, 6) is -0.246. The van der Waals surface area contributed by atoms with E-state index in [-0.39, 0.29) is 18.8 Å². The number of hydrogen-bond acceptors (Lipinski definition) is 8. The van der Waals surface area contributed by atoms with Crippen LogP contribution in [0.4, 0.5) is 4.79 Å². The molecule has 0 N–H and O–H groups in total. The van der Waals surface area contributed by atoms with Crippen LogP contribution >= 0.6 is 0 Å². The van der Waals surface area contributed by atoms with Crippen LogP contribution in [0, 0.1) is 0 Å². The van der Waals surface area contributed by atoms with Gasteiger partial charge in [-0.3, -0.25) is 4.89 Å². The highest BCUT2D eigenvalue weighted by Crippen LogP contribution is 2.12. The molecular weight excluding hydrogens is 296 g/mol. The smallest absolute Gasteiger partial charge is 0.497 e. The molecule has 0 heterocycles. The zero-order chi connectivity index (χ0) is 16.2. The minimum atomic E-state index is -1.14. The third kappa shape index (κ3) is 6.91. The highest BCUT2D eigenvalue weighted by Gasteiger charge is 2.12. The average molecular weight is 314 g/mol. The Hall–Kier alpha value is -2.32. The van der Waals surface area contributed by atoms with Crippen LogP contribution in [0.5, 0.6) is 5.75 Å². The molecule has 0 spiro atoms. The van der Waals surface area contributed by atoms with E-state index < -0.39 is 12.1 Å². The lowest BCUT2D eigenvalue weighted by atomic mass is 10.2. The second kappa shape index (κ2) is 10.4. The minimum Gasteiger partial charge on any atom is -0.497 e. The number of rotatable bonds is 9. The van der Waals surface area contributed by atoms with Gasteiger partial charge < -0.3 is 14.2 Å². The van der Waals surface area contributed by atoms with Crippen LogP contribution < -0.4 is 4.74 Å². The average Bonchev–Trinajstić information content (AvgIpc) is 2.54. The van der Waals surface area contributed by atoms with Gasteiger partial charge in [-0.25, -0.2) is 14.5 Å². The number of benzene rings is 1. The highest BCUT2D eigenvalue weighted by atomic mass is 17.5. The number of methoxy groups -OCH3 is 1. The first-order valence-corrected chi connectivity index (χ1v) is 6.61. The minimum absolute atomic E-state index is 0.00855. The van der Waals surface area contributed by atoms with Gasteiger partial charge in [0.2, 0.25) is 0 Å². The fourth-order valence-corrected chi connectivity index (χ4v) is 1.31. The van der Waals surface area contributed by atoms with Crippen molar-refractivity contribution in [1.29, 1.82) is 0 Å². The van der Waals surface area contributed by atoms with Crippen molar-refractivity contribution in [2.75, 3.05) is 26.9 Å². The maximum Gasteiger partial charge on any atom is 0.543 e. The molecule has 0 radical (unpaired) electrons. The van der Waals surface area contributed by atoms with Crippen molar-refractivity contribution in [1.82, 2.24) is 0 Å². The van der Waals surface area contributed by atoms with Crippen molar-refractivity contribution < 1.29 is 38.6 Å². The molecule has 8 heteroatoms. The Morgan fingerprint density at radius 2 is 1.73 bits per heavy atom. The van der Waals surface area contributed by atoms with Crippen LogP contribution in [0.25, 0.3) is 0 Å². The van der Waals surface area contributed by atoms with Gasteiger partial charge in [-0.15, -0.1) is 0 Å². The number of carbonyl (C=O) groups excluding carboxylic acids is 2. The first-order chi connectivity index (χ1) is 10.7. The second-order valence-electron chi connectivity index (χ2n) is 3.96. The molecule has 0 aliphatic carbocycles. The van der Waals surface area contributed by atoms with Gasteiger partial charge in [0, 0.05) is 6.61 Å². The van der Waals surface area contributed by atoms with E-state index >= 15 is 0 Å². The van der Waals surface area contributed by atoms with E-state index in [1.54, 1.807) is 12.1 Å². The summed E-state index contributed by atoms with van der Waals surface area (Å²) >= 11 is 0. The summed E-state index contributed by atoms with van der Waals surface area (Å²) in [4.78, 5) is 30.9. The maximum atomic E-state index is 11.5. The molecule has 0 unspecified atom stereocenters. The molecule has 22 heavy (non-hydrogen) atoms. The van der Waals surface area contributed by atoms with Crippen molar-refractivity contribution in [3.63, 3.8) is 0 Å². The molecular formula is C14H18O8.